The fraction of sp³-hybridized carbons (Fsp3) is 0.529. The molecule has 1 heterocycles. The molecule has 1 aliphatic rings. The Kier molecular flexibility index (Phi) is 5.93. The molecule has 0 unspecified atom stereocenters. The third-order valence-electron chi connectivity index (χ3n) is 3.64. The summed E-state index contributed by atoms with van der Waals surface area (Å²) in [6, 6.07) is 10.1. The SMILES string of the molecule is CCCN(CCC)CC(=O)N1CCC(c2ccccc2)=N1. The Bertz CT molecular complexity index is 478. The average Bonchev–Trinajstić information content (AvgIpc) is 2.98. The first-order chi connectivity index (χ1) is 10.2. The first-order valence-electron chi connectivity index (χ1n) is 7.90. The lowest BCUT2D eigenvalue weighted by atomic mass is 10.1. The molecule has 1 amide bonds. The molecule has 1 aliphatic heterocycles. The van der Waals surface area contributed by atoms with Crippen molar-refractivity contribution >= 4 is 11.6 Å². The Labute approximate surface area is 127 Å². The van der Waals surface area contributed by atoms with Crippen LogP contribution >= 0.6 is 0 Å². The predicted molar refractivity (Wildman–Crippen MR) is 86.3 cm³/mol. The maximum absolute atomic E-state index is 12.4. The van der Waals surface area contributed by atoms with Gasteiger partial charge in [0.15, 0.2) is 0 Å². The lowest BCUT2D eigenvalue weighted by Gasteiger charge is -2.22. The predicted octanol–water partition coefficient (Wildman–Crippen LogP) is 2.75. The largest absolute Gasteiger partial charge is 0.294 e. The van der Waals surface area contributed by atoms with E-state index in [1.54, 1.807) is 5.01 Å². The number of rotatable bonds is 7. The van der Waals surface area contributed by atoms with E-state index < -0.39 is 0 Å². The number of carbonyl (C=O) groups excluding carboxylic acids is 1. The number of benzene rings is 1. The van der Waals surface area contributed by atoms with Gasteiger partial charge in [0.25, 0.3) is 5.91 Å². The van der Waals surface area contributed by atoms with E-state index in [2.05, 4.69) is 23.8 Å². The second-order valence-electron chi connectivity index (χ2n) is 5.46. The summed E-state index contributed by atoms with van der Waals surface area (Å²) in [5.41, 5.74) is 2.13. The van der Waals surface area contributed by atoms with Crippen LogP contribution in [0.4, 0.5) is 0 Å². The van der Waals surface area contributed by atoms with Crippen molar-refractivity contribution in [2.75, 3.05) is 26.2 Å². The number of carbonyl (C=O) groups is 1. The minimum atomic E-state index is 0.114. The summed E-state index contributed by atoms with van der Waals surface area (Å²) in [5.74, 6) is 0.114. The molecule has 0 aliphatic carbocycles. The molecule has 2 rings (SSSR count). The molecular formula is C17H25N3O. The number of amides is 1. The Balaban J connectivity index is 1.96. The van der Waals surface area contributed by atoms with Crippen LogP contribution in [0.25, 0.3) is 0 Å². The van der Waals surface area contributed by atoms with Gasteiger partial charge in [0, 0.05) is 6.42 Å². The maximum Gasteiger partial charge on any atom is 0.256 e. The maximum atomic E-state index is 12.4. The molecule has 0 radical (unpaired) electrons. The number of hydrogen-bond donors (Lipinski definition) is 0. The third kappa shape index (κ3) is 4.39. The third-order valence-corrected chi connectivity index (χ3v) is 3.64. The van der Waals surface area contributed by atoms with Crippen molar-refractivity contribution in [3.63, 3.8) is 0 Å². The molecule has 0 spiro atoms. The molecule has 0 atom stereocenters. The van der Waals surface area contributed by atoms with E-state index in [0.29, 0.717) is 13.1 Å². The highest BCUT2D eigenvalue weighted by Crippen LogP contribution is 2.14. The van der Waals surface area contributed by atoms with Gasteiger partial charge in [0.05, 0.1) is 18.8 Å². The molecule has 1 aromatic rings. The Morgan fingerprint density at radius 2 is 1.86 bits per heavy atom. The summed E-state index contributed by atoms with van der Waals surface area (Å²) in [5, 5.41) is 6.14. The van der Waals surface area contributed by atoms with Gasteiger partial charge in [-0.25, -0.2) is 5.01 Å². The highest BCUT2D eigenvalue weighted by atomic mass is 16.2. The van der Waals surface area contributed by atoms with Crippen molar-refractivity contribution in [1.29, 1.82) is 0 Å². The van der Waals surface area contributed by atoms with Crippen LogP contribution in [0, 0.1) is 0 Å². The van der Waals surface area contributed by atoms with Crippen molar-refractivity contribution in [3.8, 4) is 0 Å². The van der Waals surface area contributed by atoms with Crippen LogP contribution < -0.4 is 0 Å². The van der Waals surface area contributed by atoms with E-state index in [1.165, 1.54) is 0 Å². The smallest absolute Gasteiger partial charge is 0.256 e. The second-order valence-corrected chi connectivity index (χ2v) is 5.46. The summed E-state index contributed by atoms with van der Waals surface area (Å²) >= 11 is 0. The van der Waals surface area contributed by atoms with Crippen LogP contribution in [0.5, 0.6) is 0 Å². The summed E-state index contributed by atoms with van der Waals surface area (Å²) in [4.78, 5) is 14.6. The molecule has 4 nitrogen and oxygen atoms in total. The molecule has 0 saturated carbocycles. The summed E-state index contributed by atoms with van der Waals surface area (Å²) in [6.07, 6.45) is 2.99. The molecular weight excluding hydrogens is 262 g/mol. The van der Waals surface area contributed by atoms with Gasteiger partial charge in [0.2, 0.25) is 0 Å². The van der Waals surface area contributed by atoms with Crippen LogP contribution in [-0.2, 0) is 4.79 Å². The first-order valence-corrected chi connectivity index (χ1v) is 7.90. The summed E-state index contributed by atoms with van der Waals surface area (Å²) in [7, 11) is 0. The van der Waals surface area contributed by atoms with E-state index >= 15 is 0 Å². The lowest BCUT2D eigenvalue weighted by molar-refractivity contribution is -0.132. The monoisotopic (exact) mass is 287 g/mol. The molecule has 0 N–H and O–H groups in total. The van der Waals surface area contributed by atoms with E-state index in [9.17, 15) is 4.79 Å². The first kappa shape index (κ1) is 15.7. The molecule has 21 heavy (non-hydrogen) atoms. The highest BCUT2D eigenvalue weighted by molar-refractivity contribution is 6.02. The molecule has 1 aromatic carbocycles. The van der Waals surface area contributed by atoms with Crippen LogP contribution in [0.3, 0.4) is 0 Å². The van der Waals surface area contributed by atoms with Gasteiger partial charge in [-0.1, -0.05) is 44.2 Å². The molecule has 114 valence electrons. The fourth-order valence-electron chi connectivity index (χ4n) is 2.65. The number of nitrogens with zero attached hydrogens (tertiary/aromatic N) is 3. The fourth-order valence-corrected chi connectivity index (χ4v) is 2.65. The quantitative estimate of drug-likeness (QED) is 0.773. The Hall–Kier alpha value is -1.68. The van der Waals surface area contributed by atoms with E-state index in [1.807, 2.05) is 30.3 Å². The molecule has 0 saturated heterocycles. The minimum absolute atomic E-state index is 0.114. The number of hydrogen-bond acceptors (Lipinski definition) is 3. The van der Waals surface area contributed by atoms with Crippen LogP contribution in [0.15, 0.2) is 35.4 Å². The van der Waals surface area contributed by atoms with Gasteiger partial charge < -0.3 is 0 Å². The van der Waals surface area contributed by atoms with Crippen LogP contribution in [-0.4, -0.2) is 47.7 Å². The van der Waals surface area contributed by atoms with E-state index in [4.69, 9.17) is 0 Å². The summed E-state index contributed by atoms with van der Waals surface area (Å²) < 4.78 is 0. The second kappa shape index (κ2) is 7.93. The molecule has 4 heteroatoms. The van der Waals surface area contributed by atoms with Crippen molar-refractivity contribution < 1.29 is 4.79 Å². The van der Waals surface area contributed by atoms with Gasteiger partial charge in [0.1, 0.15) is 0 Å². The number of hydrazone groups is 1. The zero-order valence-electron chi connectivity index (χ0n) is 13.1. The van der Waals surface area contributed by atoms with E-state index in [-0.39, 0.29) is 5.91 Å². The lowest BCUT2D eigenvalue weighted by Crippen LogP contribution is -2.37. The zero-order valence-corrected chi connectivity index (χ0v) is 13.1. The van der Waals surface area contributed by atoms with Gasteiger partial charge in [-0.3, -0.25) is 9.69 Å². The minimum Gasteiger partial charge on any atom is -0.294 e. The Morgan fingerprint density at radius 3 is 2.48 bits per heavy atom. The standard InChI is InChI=1S/C17H25N3O/c1-3-11-19(12-4-2)14-17(21)20-13-10-16(18-20)15-8-6-5-7-9-15/h5-9H,3-4,10-14H2,1-2H3. The van der Waals surface area contributed by atoms with Gasteiger partial charge in [-0.05, 0) is 31.5 Å². The highest BCUT2D eigenvalue weighted by Gasteiger charge is 2.22. The average molecular weight is 287 g/mol. The van der Waals surface area contributed by atoms with E-state index in [0.717, 1.165) is 43.6 Å². The normalized spacial score (nSPS) is 14.6. The van der Waals surface area contributed by atoms with Crippen LogP contribution in [0.2, 0.25) is 0 Å². The molecule has 0 aromatic heterocycles. The molecule has 0 bridgehead atoms. The van der Waals surface area contributed by atoms with Gasteiger partial charge >= 0.3 is 0 Å². The zero-order chi connectivity index (χ0) is 15.1. The van der Waals surface area contributed by atoms with Crippen molar-refractivity contribution in [1.82, 2.24) is 9.91 Å². The Morgan fingerprint density at radius 1 is 1.19 bits per heavy atom. The molecule has 0 fully saturated rings. The summed E-state index contributed by atoms with van der Waals surface area (Å²) in [6.45, 7) is 7.43. The van der Waals surface area contributed by atoms with Crippen molar-refractivity contribution in [2.24, 2.45) is 5.10 Å². The van der Waals surface area contributed by atoms with Gasteiger partial charge in [-0.15, -0.1) is 0 Å². The van der Waals surface area contributed by atoms with Crippen LogP contribution in [0.1, 0.15) is 38.7 Å². The van der Waals surface area contributed by atoms with Gasteiger partial charge in [-0.2, -0.15) is 5.10 Å². The topological polar surface area (TPSA) is 35.9 Å². The van der Waals surface area contributed by atoms with Crippen molar-refractivity contribution in [2.45, 2.75) is 33.1 Å². The van der Waals surface area contributed by atoms with Crippen molar-refractivity contribution in [3.05, 3.63) is 35.9 Å².